The van der Waals surface area contributed by atoms with Crippen LogP contribution in [0.4, 0.5) is 0 Å². The van der Waals surface area contributed by atoms with Gasteiger partial charge in [0, 0.05) is 8.03 Å². The van der Waals surface area contributed by atoms with Gasteiger partial charge < -0.3 is 10.1 Å². The fourth-order valence-corrected chi connectivity index (χ4v) is 0.567. The molecule has 0 aliphatic rings. The molecular weight excluding hydrogens is 130 g/mol. The first-order valence-electron chi connectivity index (χ1n) is 3.49. The number of Topliss-reactive ketones (excluding diaryl/α,β-unsaturated/α-hetero) is 1. The average molecular weight is 147 g/mol. The number of rotatable bonds is 6. The molecule has 0 unspecified atom stereocenters. The first kappa shape index (κ1) is 9.59. The van der Waals surface area contributed by atoms with Crippen LogP contribution in [0.5, 0.6) is 0 Å². The Morgan fingerprint density at radius 3 is 2.90 bits per heavy atom. The molecule has 0 saturated carbocycles. The predicted molar refractivity (Wildman–Crippen MR) is 42.2 cm³/mol. The SMILES string of the molecule is CNCCCOCC(C)=O.[HH]. The van der Waals surface area contributed by atoms with Crippen molar-refractivity contribution in [2.75, 3.05) is 26.8 Å². The molecule has 0 radical (unpaired) electrons. The van der Waals surface area contributed by atoms with Crippen LogP contribution in [-0.4, -0.2) is 32.6 Å². The Morgan fingerprint density at radius 1 is 1.70 bits per heavy atom. The zero-order valence-electron chi connectivity index (χ0n) is 6.64. The van der Waals surface area contributed by atoms with Crippen LogP contribution in [0.2, 0.25) is 0 Å². The summed E-state index contributed by atoms with van der Waals surface area (Å²) in [5, 5.41) is 2.99. The van der Waals surface area contributed by atoms with E-state index in [-0.39, 0.29) is 13.8 Å². The lowest BCUT2D eigenvalue weighted by atomic mass is 10.4. The molecule has 0 aromatic rings. The van der Waals surface area contributed by atoms with E-state index in [1.807, 2.05) is 7.05 Å². The Balaban J connectivity index is 0. The van der Waals surface area contributed by atoms with Gasteiger partial charge in [0.25, 0.3) is 0 Å². The number of carbonyl (C=O) groups is 1. The zero-order valence-corrected chi connectivity index (χ0v) is 6.64. The maximum atomic E-state index is 10.3. The second kappa shape index (κ2) is 6.71. The highest BCUT2D eigenvalue weighted by Crippen LogP contribution is 1.80. The van der Waals surface area contributed by atoms with Gasteiger partial charge in [0.15, 0.2) is 5.78 Å². The number of hydrogen-bond donors (Lipinski definition) is 1. The molecule has 0 heterocycles. The Kier molecular flexibility index (Phi) is 6.43. The van der Waals surface area contributed by atoms with Crippen LogP contribution in [0.1, 0.15) is 14.8 Å². The quantitative estimate of drug-likeness (QED) is 0.554. The van der Waals surface area contributed by atoms with E-state index in [1.54, 1.807) is 0 Å². The molecule has 0 amide bonds. The summed E-state index contributed by atoms with van der Waals surface area (Å²) in [5.74, 6) is 0.0875. The Bertz CT molecular complexity index is 98.4. The molecule has 0 atom stereocenters. The van der Waals surface area contributed by atoms with E-state index in [2.05, 4.69) is 5.32 Å². The van der Waals surface area contributed by atoms with Crippen LogP contribution >= 0.6 is 0 Å². The number of carbonyl (C=O) groups excluding carboxylic acids is 1. The van der Waals surface area contributed by atoms with Gasteiger partial charge in [-0.2, -0.15) is 0 Å². The highest BCUT2D eigenvalue weighted by atomic mass is 16.5. The average Bonchev–Trinajstić information content (AvgIpc) is 1.87. The summed E-state index contributed by atoms with van der Waals surface area (Å²) >= 11 is 0. The zero-order chi connectivity index (χ0) is 7.82. The van der Waals surface area contributed by atoms with Crippen LogP contribution in [0, 0.1) is 0 Å². The van der Waals surface area contributed by atoms with Crippen LogP contribution in [-0.2, 0) is 9.53 Å². The van der Waals surface area contributed by atoms with Gasteiger partial charge in [0.2, 0.25) is 0 Å². The van der Waals surface area contributed by atoms with E-state index in [0.717, 1.165) is 13.0 Å². The normalized spacial score (nSPS) is 9.80. The van der Waals surface area contributed by atoms with E-state index >= 15 is 0 Å². The van der Waals surface area contributed by atoms with Gasteiger partial charge in [-0.3, -0.25) is 4.79 Å². The van der Waals surface area contributed by atoms with Crippen molar-refractivity contribution in [2.45, 2.75) is 13.3 Å². The molecule has 0 spiro atoms. The molecule has 0 aromatic heterocycles. The Labute approximate surface area is 63.2 Å². The third kappa shape index (κ3) is 7.59. The van der Waals surface area contributed by atoms with Gasteiger partial charge in [-0.1, -0.05) is 0 Å². The van der Waals surface area contributed by atoms with E-state index in [4.69, 9.17) is 4.74 Å². The smallest absolute Gasteiger partial charge is 0.155 e. The van der Waals surface area contributed by atoms with E-state index in [0.29, 0.717) is 6.61 Å². The second-order valence-corrected chi connectivity index (χ2v) is 2.21. The molecule has 0 rings (SSSR count). The Hall–Kier alpha value is -0.410. The molecule has 0 aromatic carbocycles. The van der Waals surface area contributed by atoms with Crippen molar-refractivity contribution in [1.82, 2.24) is 5.32 Å². The van der Waals surface area contributed by atoms with Crippen LogP contribution in [0.3, 0.4) is 0 Å². The van der Waals surface area contributed by atoms with Crippen LogP contribution in [0.15, 0.2) is 0 Å². The highest BCUT2D eigenvalue weighted by Gasteiger charge is 1.91. The summed E-state index contributed by atoms with van der Waals surface area (Å²) in [7, 11) is 1.89. The van der Waals surface area contributed by atoms with Gasteiger partial charge in [0.05, 0.1) is 0 Å². The fraction of sp³-hybridized carbons (Fsp3) is 0.857. The molecule has 0 fully saturated rings. The second-order valence-electron chi connectivity index (χ2n) is 2.21. The third-order valence-corrected chi connectivity index (χ3v) is 1.02. The molecule has 3 nitrogen and oxygen atoms in total. The summed E-state index contributed by atoms with van der Waals surface area (Å²) < 4.78 is 5.01. The first-order chi connectivity index (χ1) is 4.77. The lowest BCUT2D eigenvalue weighted by Crippen LogP contribution is -2.12. The van der Waals surface area contributed by atoms with Crippen molar-refractivity contribution in [3.63, 3.8) is 0 Å². The molecule has 0 aliphatic heterocycles. The molecule has 62 valence electrons. The minimum atomic E-state index is 0. The van der Waals surface area contributed by atoms with E-state index < -0.39 is 0 Å². The van der Waals surface area contributed by atoms with Crippen molar-refractivity contribution < 1.29 is 11.0 Å². The molecule has 10 heavy (non-hydrogen) atoms. The summed E-state index contributed by atoms with van der Waals surface area (Å²) in [6, 6.07) is 0. The standard InChI is InChI=1S/C7H15NO2.H2/c1-7(9)6-10-5-3-4-8-2;/h8H,3-6H2,1-2H3;1H. The van der Waals surface area contributed by atoms with Crippen molar-refractivity contribution >= 4 is 5.78 Å². The van der Waals surface area contributed by atoms with Gasteiger partial charge in [-0.25, -0.2) is 0 Å². The lowest BCUT2D eigenvalue weighted by molar-refractivity contribution is -0.121. The molecule has 0 aliphatic carbocycles. The summed E-state index contributed by atoms with van der Waals surface area (Å²) in [4.78, 5) is 10.3. The Morgan fingerprint density at radius 2 is 2.40 bits per heavy atom. The van der Waals surface area contributed by atoms with Crippen molar-refractivity contribution in [1.29, 1.82) is 0 Å². The molecule has 1 N–H and O–H groups in total. The largest absolute Gasteiger partial charge is 0.374 e. The summed E-state index contributed by atoms with van der Waals surface area (Å²) in [6.45, 7) is 3.39. The molecule has 3 heteroatoms. The molecule has 0 saturated heterocycles. The van der Waals surface area contributed by atoms with Crippen LogP contribution in [0.25, 0.3) is 0 Å². The number of ketones is 1. The fourth-order valence-electron chi connectivity index (χ4n) is 0.567. The third-order valence-electron chi connectivity index (χ3n) is 1.02. The summed E-state index contributed by atoms with van der Waals surface area (Å²) in [5.41, 5.74) is 0. The van der Waals surface area contributed by atoms with E-state index in [9.17, 15) is 4.79 Å². The molecular formula is C7H17NO2. The van der Waals surface area contributed by atoms with Crippen molar-refractivity contribution in [2.24, 2.45) is 0 Å². The van der Waals surface area contributed by atoms with Crippen LogP contribution < -0.4 is 5.32 Å². The van der Waals surface area contributed by atoms with E-state index in [1.165, 1.54) is 6.92 Å². The van der Waals surface area contributed by atoms with Gasteiger partial charge in [-0.15, -0.1) is 0 Å². The number of ether oxygens (including phenoxy) is 1. The predicted octanol–water partition coefficient (Wildman–Crippen LogP) is 0.447. The van der Waals surface area contributed by atoms with Crippen molar-refractivity contribution in [3.8, 4) is 0 Å². The highest BCUT2D eigenvalue weighted by molar-refractivity contribution is 5.76. The topological polar surface area (TPSA) is 38.3 Å². The minimum Gasteiger partial charge on any atom is -0.374 e. The minimum absolute atomic E-state index is 0. The maximum absolute atomic E-state index is 10.3. The van der Waals surface area contributed by atoms with Gasteiger partial charge in [0.1, 0.15) is 6.61 Å². The van der Waals surface area contributed by atoms with Gasteiger partial charge >= 0.3 is 0 Å². The first-order valence-corrected chi connectivity index (χ1v) is 3.49. The molecule has 0 bridgehead atoms. The lowest BCUT2D eigenvalue weighted by Gasteiger charge is -1.99. The summed E-state index contributed by atoms with van der Waals surface area (Å²) in [6.07, 6.45) is 0.962. The monoisotopic (exact) mass is 147 g/mol. The van der Waals surface area contributed by atoms with Crippen molar-refractivity contribution in [3.05, 3.63) is 0 Å². The number of hydrogen-bond acceptors (Lipinski definition) is 3. The maximum Gasteiger partial charge on any atom is 0.155 e. The number of nitrogens with one attached hydrogen (secondary N) is 1. The van der Waals surface area contributed by atoms with Gasteiger partial charge in [-0.05, 0) is 26.9 Å².